The smallest absolute Gasteiger partial charge is 0.258 e. The van der Waals surface area contributed by atoms with E-state index in [0.717, 1.165) is 0 Å². The first-order chi connectivity index (χ1) is 9.61. The van der Waals surface area contributed by atoms with Crippen LogP contribution in [-0.2, 0) is 0 Å². The lowest BCUT2D eigenvalue weighted by atomic mass is 10.2. The van der Waals surface area contributed by atoms with Crippen LogP contribution in [0.15, 0.2) is 42.7 Å². The van der Waals surface area contributed by atoms with E-state index in [2.05, 4.69) is 15.6 Å². The number of carbonyl (C=O) groups excluding carboxylic acids is 2. The largest absolute Gasteiger partial charge is 0.355 e. The highest BCUT2D eigenvalue weighted by atomic mass is 35.5. The minimum Gasteiger partial charge on any atom is -0.355 e. The van der Waals surface area contributed by atoms with Gasteiger partial charge in [0.2, 0.25) is 0 Å². The van der Waals surface area contributed by atoms with Gasteiger partial charge in [0.05, 0.1) is 10.6 Å². The highest BCUT2D eigenvalue weighted by Crippen LogP contribution is 2.17. The first-order valence-electron chi connectivity index (χ1n) is 5.85. The molecule has 0 unspecified atom stereocenters. The molecule has 0 spiro atoms. The summed E-state index contributed by atoms with van der Waals surface area (Å²) in [5, 5.41) is 5.51. The van der Waals surface area contributed by atoms with E-state index in [1.165, 1.54) is 18.5 Å². The topological polar surface area (TPSA) is 71.1 Å². The van der Waals surface area contributed by atoms with Crippen LogP contribution in [0, 0.1) is 0 Å². The molecule has 1 heterocycles. The number of hydrogen-bond acceptors (Lipinski definition) is 3. The molecular weight excluding hydrogens is 278 g/mol. The molecule has 0 aliphatic rings. The average Bonchev–Trinajstić information content (AvgIpc) is 2.47. The molecular formula is C14H12ClN3O2. The van der Waals surface area contributed by atoms with Crippen molar-refractivity contribution in [2.24, 2.45) is 0 Å². The van der Waals surface area contributed by atoms with Crippen LogP contribution in [0.4, 0.5) is 5.69 Å². The van der Waals surface area contributed by atoms with Crippen LogP contribution in [-0.4, -0.2) is 23.8 Å². The van der Waals surface area contributed by atoms with Crippen molar-refractivity contribution in [1.82, 2.24) is 10.3 Å². The second kappa shape index (κ2) is 6.16. The summed E-state index contributed by atoms with van der Waals surface area (Å²) in [6.45, 7) is 0. The van der Waals surface area contributed by atoms with Gasteiger partial charge in [0, 0.05) is 30.7 Å². The summed E-state index contributed by atoms with van der Waals surface area (Å²) >= 11 is 5.92. The van der Waals surface area contributed by atoms with Gasteiger partial charge < -0.3 is 10.6 Å². The molecule has 2 N–H and O–H groups in total. The van der Waals surface area contributed by atoms with Gasteiger partial charge in [0.1, 0.15) is 0 Å². The number of halogens is 1. The molecule has 0 atom stereocenters. The highest BCUT2D eigenvalue weighted by Gasteiger charge is 2.11. The van der Waals surface area contributed by atoms with Crippen molar-refractivity contribution in [3.63, 3.8) is 0 Å². The summed E-state index contributed by atoms with van der Waals surface area (Å²) < 4.78 is 0. The molecule has 20 heavy (non-hydrogen) atoms. The predicted octanol–water partition coefficient (Wildman–Crippen LogP) is 2.35. The van der Waals surface area contributed by atoms with Crippen LogP contribution in [0.25, 0.3) is 0 Å². The molecule has 2 aromatic rings. The number of anilines is 1. The Bertz CT molecular complexity index is 658. The van der Waals surface area contributed by atoms with Crippen molar-refractivity contribution in [3.05, 3.63) is 58.9 Å². The Morgan fingerprint density at radius 3 is 2.70 bits per heavy atom. The van der Waals surface area contributed by atoms with E-state index in [1.54, 1.807) is 31.3 Å². The second-order valence-corrected chi connectivity index (χ2v) is 4.38. The van der Waals surface area contributed by atoms with Crippen LogP contribution in [0.3, 0.4) is 0 Å². The van der Waals surface area contributed by atoms with E-state index in [9.17, 15) is 9.59 Å². The first-order valence-corrected chi connectivity index (χ1v) is 6.22. The van der Waals surface area contributed by atoms with Gasteiger partial charge in [-0.05, 0) is 24.3 Å². The Morgan fingerprint density at radius 1 is 1.20 bits per heavy atom. The number of rotatable bonds is 3. The van der Waals surface area contributed by atoms with Crippen LogP contribution >= 0.6 is 11.6 Å². The zero-order valence-electron chi connectivity index (χ0n) is 10.7. The summed E-state index contributed by atoms with van der Waals surface area (Å²) in [6, 6.07) is 8.16. The molecule has 102 valence electrons. The molecule has 0 bridgehead atoms. The summed E-state index contributed by atoms with van der Waals surface area (Å²) in [7, 11) is 1.54. The van der Waals surface area contributed by atoms with Crippen LogP contribution in [0.5, 0.6) is 0 Å². The maximum Gasteiger partial charge on any atom is 0.258 e. The number of nitrogens with one attached hydrogen (secondary N) is 2. The van der Waals surface area contributed by atoms with E-state index in [0.29, 0.717) is 16.3 Å². The van der Waals surface area contributed by atoms with Gasteiger partial charge in [-0.2, -0.15) is 0 Å². The van der Waals surface area contributed by atoms with Gasteiger partial charge >= 0.3 is 0 Å². The molecule has 6 heteroatoms. The van der Waals surface area contributed by atoms with Crippen LogP contribution in [0.2, 0.25) is 5.02 Å². The number of amides is 2. The van der Waals surface area contributed by atoms with E-state index >= 15 is 0 Å². The lowest BCUT2D eigenvalue weighted by Gasteiger charge is -2.07. The Hall–Kier alpha value is -2.40. The molecule has 0 saturated carbocycles. The van der Waals surface area contributed by atoms with Crippen molar-refractivity contribution in [3.8, 4) is 0 Å². The maximum atomic E-state index is 12.0. The van der Waals surface area contributed by atoms with Gasteiger partial charge in [-0.3, -0.25) is 14.6 Å². The number of hydrogen-bond donors (Lipinski definition) is 2. The van der Waals surface area contributed by atoms with Gasteiger partial charge in [0.15, 0.2) is 0 Å². The summed E-state index contributed by atoms with van der Waals surface area (Å²) in [5.41, 5.74) is 1.25. The van der Waals surface area contributed by atoms with Crippen molar-refractivity contribution in [2.75, 3.05) is 12.4 Å². The fraction of sp³-hybridized carbons (Fsp3) is 0.0714. The number of aromatic nitrogens is 1. The zero-order valence-corrected chi connectivity index (χ0v) is 11.4. The normalized spacial score (nSPS) is 9.90. The Kier molecular flexibility index (Phi) is 4.32. The molecule has 2 rings (SSSR count). The average molecular weight is 290 g/mol. The summed E-state index contributed by atoms with van der Waals surface area (Å²) in [4.78, 5) is 27.4. The van der Waals surface area contributed by atoms with Gasteiger partial charge in [-0.15, -0.1) is 0 Å². The van der Waals surface area contributed by atoms with Crippen molar-refractivity contribution < 1.29 is 9.59 Å². The fourth-order valence-corrected chi connectivity index (χ4v) is 1.82. The molecule has 0 saturated heterocycles. The Labute approximate surface area is 121 Å². The standard InChI is InChI=1S/C14H12ClN3O2/c1-16-13(19)9-3-2-4-10(7-9)18-14(20)11-8-17-6-5-12(11)15/h2-8H,1H3,(H,16,19)(H,18,20). The third-order valence-corrected chi connectivity index (χ3v) is 2.95. The molecule has 0 radical (unpaired) electrons. The van der Waals surface area contributed by atoms with Gasteiger partial charge in [-0.25, -0.2) is 0 Å². The Morgan fingerprint density at radius 2 is 2.00 bits per heavy atom. The minimum absolute atomic E-state index is 0.222. The third kappa shape index (κ3) is 3.13. The molecule has 5 nitrogen and oxygen atoms in total. The monoisotopic (exact) mass is 289 g/mol. The second-order valence-electron chi connectivity index (χ2n) is 3.97. The molecule has 2 amide bonds. The first kappa shape index (κ1) is 14.0. The van der Waals surface area contributed by atoms with Gasteiger partial charge in [-0.1, -0.05) is 17.7 Å². The van der Waals surface area contributed by atoms with Crippen LogP contribution < -0.4 is 10.6 Å². The SMILES string of the molecule is CNC(=O)c1cccc(NC(=O)c2cnccc2Cl)c1. The molecule has 0 aliphatic heterocycles. The maximum absolute atomic E-state index is 12.0. The van der Waals surface area contributed by atoms with E-state index < -0.39 is 0 Å². The summed E-state index contributed by atoms with van der Waals surface area (Å²) in [5.74, 6) is -0.599. The van der Waals surface area contributed by atoms with E-state index in [-0.39, 0.29) is 17.4 Å². The molecule has 0 fully saturated rings. The Balaban J connectivity index is 2.20. The van der Waals surface area contributed by atoms with Crippen molar-refractivity contribution >= 4 is 29.1 Å². The lowest BCUT2D eigenvalue weighted by Crippen LogP contribution is -2.18. The van der Waals surface area contributed by atoms with Crippen molar-refractivity contribution in [1.29, 1.82) is 0 Å². The summed E-state index contributed by atoms with van der Waals surface area (Å²) in [6.07, 6.45) is 2.89. The number of carbonyl (C=O) groups is 2. The highest BCUT2D eigenvalue weighted by molar-refractivity contribution is 6.34. The number of nitrogens with zero attached hydrogens (tertiary/aromatic N) is 1. The van der Waals surface area contributed by atoms with E-state index in [4.69, 9.17) is 11.6 Å². The quantitative estimate of drug-likeness (QED) is 0.911. The van der Waals surface area contributed by atoms with Gasteiger partial charge in [0.25, 0.3) is 11.8 Å². The lowest BCUT2D eigenvalue weighted by molar-refractivity contribution is 0.0961. The predicted molar refractivity (Wildman–Crippen MR) is 77.0 cm³/mol. The number of pyridine rings is 1. The molecule has 1 aromatic carbocycles. The third-order valence-electron chi connectivity index (χ3n) is 2.62. The number of benzene rings is 1. The van der Waals surface area contributed by atoms with Crippen LogP contribution in [0.1, 0.15) is 20.7 Å². The minimum atomic E-state index is -0.378. The van der Waals surface area contributed by atoms with E-state index in [1.807, 2.05) is 0 Å². The molecule has 0 aliphatic carbocycles. The molecule has 1 aromatic heterocycles. The zero-order chi connectivity index (χ0) is 14.5. The van der Waals surface area contributed by atoms with Crippen molar-refractivity contribution in [2.45, 2.75) is 0 Å². The fourth-order valence-electron chi connectivity index (χ4n) is 1.63.